The Kier molecular flexibility index (Phi) is 8.84. The van der Waals surface area contributed by atoms with Crippen LogP contribution in [0.2, 0.25) is 0 Å². The molecule has 8 heteroatoms. The molecule has 39 heavy (non-hydrogen) atoms. The Labute approximate surface area is 235 Å². The molecule has 3 aliphatic heterocycles. The normalized spacial score (nSPS) is 30.7. The molecular weight excluding hydrogens is 494 g/mol. The van der Waals surface area contributed by atoms with E-state index in [0.29, 0.717) is 38.8 Å². The van der Waals surface area contributed by atoms with E-state index in [1.165, 1.54) is 0 Å². The van der Waals surface area contributed by atoms with Crippen molar-refractivity contribution < 1.29 is 24.2 Å². The van der Waals surface area contributed by atoms with Crippen LogP contribution in [0.5, 0.6) is 0 Å². The first-order chi connectivity index (χ1) is 18.1. The monoisotopic (exact) mass is 545 g/mol. The maximum absolute atomic E-state index is 14.8. The summed E-state index contributed by atoms with van der Waals surface area (Å²) in [6, 6.07) is -1.48. The minimum absolute atomic E-state index is 0.0475. The number of carbonyl (C=O) groups excluding carboxylic acids is 3. The first-order valence-corrected chi connectivity index (χ1v) is 14.5. The van der Waals surface area contributed by atoms with Crippen LogP contribution in [0.15, 0.2) is 25.3 Å². The van der Waals surface area contributed by atoms with E-state index in [9.17, 15) is 19.5 Å². The van der Waals surface area contributed by atoms with E-state index >= 15 is 0 Å². The first-order valence-electron chi connectivity index (χ1n) is 14.5. The van der Waals surface area contributed by atoms with Gasteiger partial charge in [-0.2, -0.15) is 0 Å². The summed E-state index contributed by atoms with van der Waals surface area (Å²) < 4.78 is 6.91. The molecule has 2 bridgehead atoms. The average molecular weight is 546 g/mol. The molecule has 6 atom stereocenters. The summed E-state index contributed by atoms with van der Waals surface area (Å²) in [4.78, 5) is 48.1. The van der Waals surface area contributed by atoms with Gasteiger partial charge in [0.15, 0.2) is 0 Å². The summed E-state index contributed by atoms with van der Waals surface area (Å²) in [6.45, 7) is 22.5. The molecule has 1 spiro atoms. The maximum atomic E-state index is 14.8. The van der Waals surface area contributed by atoms with Gasteiger partial charge in [0, 0.05) is 25.7 Å². The third kappa shape index (κ3) is 5.08. The van der Waals surface area contributed by atoms with Gasteiger partial charge in [-0.3, -0.25) is 14.4 Å². The lowest BCUT2D eigenvalue weighted by Gasteiger charge is -2.46. The summed E-state index contributed by atoms with van der Waals surface area (Å²) in [5.41, 5.74) is -2.51. The Balaban J connectivity index is 2.20. The quantitative estimate of drug-likeness (QED) is 0.377. The van der Waals surface area contributed by atoms with E-state index in [2.05, 4.69) is 47.8 Å². The number of rotatable bonds is 12. The molecular formula is C31H51N3O5. The Morgan fingerprint density at radius 1 is 1.13 bits per heavy atom. The lowest BCUT2D eigenvalue weighted by Crippen LogP contribution is -2.62. The molecule has 0 aromatic rings. The summed E-state index contributed by atoms with van der Waals surface area (Å²) in [5.74, 6) is -2.09. The van der Waals surface area contributed by atoms with Crippen LogP contribution < -0.4 is 0 Å². The fraction of sp³-hybridized carbons (Fsp3) is 0.774. The summed E-state index contributed by atoms with van der Waals surface area (Å²) in [7, 11) is 1.72. The SMILES string of the molecule is C=CCN(C)C(=O)[C@H]1[C@H]2C(=O)N([C@@H](CC)CO)C(C(=O)N(CC=C)C(C)(C)CC(C)(C)C)C23CC[C@]1(CC)O3. The largest absolute Gasteiger partial charge is 0.394 e. The van der Waals surface area contributed by atoms with Gasteiger partial charge in [-0.05, 0) is 51.4 Å². The van der Waals surface area contributed by atoms with Crippen molar-refractivity contribution in [3.8, 4) is 0 Å². The number of nitrogens with zero attached hydrogens (tertiary/aromatic N) is 3. The van der Waals surface area contributed by atoms with Gasteiger partial charge in [-0.1, -0.05) is 46.8 Å². The van der Waals surface area contributed by atoms with Crippen LogP contribution in [0.1, 0.15) is 80.6 Å². The molecule has 3 heterocycles. The minimum atomic E-state index is -1.13. The topological polar surface area (TPSA) is 90.4 Å². The number of aliphatic hydroxyl groups excluding tert-OH is 1. The number of carbonyl (C=O) groups is 3. The fourth-order valence-corrected chi connectivity index (χ4v) is 7.94. The molecule has 2 unspecified atom stereocenters. The van der Waals surface area contributed by atoms with Gasteiger partial charge in [0.1, 0.15) is 11.6 Å². The second-order valence-electron chi connectivity index (χ2n) is 13.6. The molecule has 1 N–H and O–H groups in total. The van der Waals surface area contributed by atoms with Crippen molar-refractivity contribution >= 4 is 17.7 Å². The highest BCUT2D eigenvalue weighted by Crippen LogP contribution is 2.65. The van der Waals surface area contributed by atoms with Crippen LogP contribution in [0, 0.1) is 17.3 Å². The average Bonchev–Trinajstić information content (AvgIpc) is 3.45. The summed E-state index contributed by atoms with van der Waals surface area (Å²) in [5, 5.41) is 10.4. The number of fused-ring (bicyclic) bond motifs is 1. The molecule has 3 saturated heterocycles. The molecule has 3 amide bonds. The third-order valence-electron chi connectivity index (χ3n) is 9.24. The predicted octanol–water partition coefficient (Wildman–Crippen LogP) is 3.79. The number of likely N-dealkylation sites (N-methyl/N-ethyl adjacent to an activating group) is 1. The van der Waals surface area contributed by atoms with Crippen molar-refractivity contribution in [1.82, 2.24) is 14.7 Å². The second kappa shape index (κ2) is 11.0. The van der Waals surface area contributed by atoms with E-state index < -0.39 is 40.7 Å². The molecule has 3 aliphatic rings. The van der Waals surface area contributed by atoms with Gasteiger partial charge in [0.05, 0.1) is 30.1 Å². The van der Waals surface area contributed by atoms with Crippen molar-refractivity contribution in [2.45, 2.75) is 109 Å². The van der Waals surface area contributed by atoms with Crippen LogP contribution >= 0.6 is 0 Å². The zero-order valence-electron chi connectivity index (χ0n) is 25.5. The van der Waals surface area contributed by atoms with E-state index in [0.717, 1.165) is 6.42 Å². The number of likely N-dealkylation sites (tertiary alicyclic amines) is 1. The van der Waals surface area contributed by atoms with Crippen molar-refractivity contribution in [3.05, 3.63) is 25.3 Å². The van der Waals surface area contributed by atoms with Gasteiger partial charge >= 0.3 is 0 Å². The lowest BCUT2D eigenvalue weighted by atomic mass is 9.64. The highest BCUT2D eigenvalue weighted by Gasteiger charge is 2.79. The number of ether oxygens (including phenoxy) is 1. The van der Waals surface area contributed by atoms with Crippen molar-refractivity contribution in [1.29, 1.82) is 0 Å². The molecule has 0 saturated carbocycles. The number of amides is 3. The van der Waals surface area contributed by atoms with E-state index in [-0.39, 0.29) is 29.7 Å². The number of hydrogen-bond acceptors (Lipinski definition) is 5. The first kappa shape index (κ1) is 31.3. The molecule has 8 nitrogen and oxygen atoms in total. The molecule has 0 aliphatic carbocycles. The second-order valence-corrected chi connectivity index (χ2v) is 13.6. The molecule has 0 aromatic carbocycles. The third-order valence-corrected chi connectivity index (χ3v) is 9.24. The van der Waals surface area contributed by atoms with E-state index in [4.69, 9.17) is 4.74 Å². The van der Waals surface area contributed by atoms with Crippen LogP contribution in [0.25, 0.3) is 0 Å². The zero-order chi connectivity index (χ0) is 29.6. The highest BCUT2D eigenvalue weighted by molar-refractivity contribution is 5.99. The smallest absolute Gasteiger partial charge is 0.249 e. The standard InChI is InChI=1S/C31H51N3O5/c1-11-17-32(10)25(36)22-23-26(37)34(21(13-3)19-35)24(31(23)16-15-30(22,14-4)39-31)27(38)33(18-12-2)29(8,9)20-28(5,6)7/h11-12,21-24,35H,1-2,13-20H2,3-10H3/t21-,22+,23-,24?,30-,31?/m0/s1. The Morgan fingerprint density at radius 2 is 1.74 bits per heavy atom. The van der Waals surface area contributed by atoms with Gasteiger partial charge in [0.25, 0.3) is 0 Å². The van der Waals surface area contributed by atoms with Crippen LogP contribution in [0.4, 0.5) is 0 Å². The van der Waals surface area contributed by atoms with Gasteiger partial charge in [-0.25, -0.2) is 0 Å². The molecule has 220 valence electrons. The van der Waals surface area contributed by atoms with Crippen molar-refractivity contribution in [2.24, 2.45) is 17.3 Å². The Morgan fingerprint density at radius 3 is 2.23 bits per heavy atom. The Hall–Kier alpha value is -2.19. The molecule has 0 aromatic heterocycles. The van der Waals surface area contributed by atoms with Crippen LogP contribution in [-0.4, -0.2) is 93.1 Å². The van der Waals surface area contributed by atoms with Crippen LogP contribution in [-0.2, 0) is 19.1 Å². The van der Waals surface area contributed by atoms with Gasteiger partial charge < -0.3 is 24.5 Å². The molecule has 0 radical (unpaired) electrons. The fourth-order valence-electron chi connectivity index (χ4n) is 7.94. The highest BCUT2D eigenvalue weighted by atomic mass is 16.5. The lowest BCUT2D eigenvalue weighted by molar-refractivity contribution is -0.161. The van der Waals surface area contributed by atoms with Crippen molar-refractivity contribution in [2.75, 3.05) is 26.7 Å². The molecule has 3 fully saturated rings. The Bertz CT molecular complexity index is 983. The molecule has 3 rings (SSSR count). The van der Waals surface area contributed by atoms with E-state index in [1.807, 2.05) is 18.7 Å². The minimum Gasteiger partial charge on any atom is -0.394 e. The maximum Gasteiger partial charge on any atom is 0.249 e. The van der Waals surface area contributed by atoms with E-state index in [1.54, 1.807) is 29.0 Å². The van der Waals surface area contributed by atoms with Crippen molar-refractivity contribution in [3.63, 3.8) is 0 Å². The number of hydrogen-bond donors (Lipinski definition) is 1. The van der Waals surface area contributed by atoms with Crippen LogP contribution in [0.3, 0.4) is 0 Å². The van der Waals surface area contributed by atoms with Gasteiger partial charge in [0.2, 0.25) is 17.7 Å². The van der Waals surface area contributed by atoms with Gasteiger partial charge in [-0.15, -0.1) is 13.2 Å². The summed E-state index contributed by atoms with van der Waals surface area (Å²) in [6.07, 6.45) is 6.30. The number of aliphatic hydroxyl groups is 1. The predicted molar refractivity (Wildman–Crippen MR) is 153 cm³/mol. The summed E-state index contributed by atoms with van der Waals surface area (Å²) >= 11 is 0. The zero-order valence-corrected chi connectivity index (χ0v) is 25.5.